The lowest BCUT2D eigenvalue weighted by molar-refractivity contribution is 0.140. The number of hydrogen-bond donors (Lipinski definition) is 2. The van der Waals surface area contributed by atoms with Crippen LogP contribution in [-0.4, -0.2) is 58.1 Å². The van der Waals surface area contributed by atoms with E-state index in [0.29, 0.717) is 25.1 Å². The van der Waals surface area contributed by atoms with E-state index in [9.17, 15) is 0 Å². The molecule has 0 amide bonds. The average Bonchev–Trinajstić information content (AvgIpc) is 3.49. The summed E-state index contributed by atoms with van der Waals surface area (Å²) in [6.45, 7) is 10.1. The molecule has 182 valence electrons. The highest BCUT2D eigenvalue weighted by Gasteiger charge is 2.21. The fourth-order valence-corrected chi connectivity index (χ4v) is 4.40. The van der Waals surface area contributed by atoms with Gasteiger partial charge in [-0.3, -0.25) is 0 Å². The van der Waals surface area contributed by atoms with Crippen LogP contribution in [0.2, 0.25) is 0 Å². The zero-order valence-electron chi connectivity index (χ0n) is 20.2. The van der Waals surface area contributed by atoms with Crippen molar-refractivity contribution in [3.8, 4) is 11.8 Å². The van der Waals surface area contributed by atoms with E-state index in [1.54, 1.807) is 4.52 Å². The topological polar surface area (TPSA) is 94.8 Å². The Kier molecular flexibility index (Phi) is 6.82. The van der Waals surface area contributed by atoms with Gasteiger partial charge in [-0.2, -0.15) is 19.6 Å². The molecule has 0 radical (unpaired) electrons. The van der Waals surface area contributed by atoms with Crippen molar-refractivity contribution in [1.82, 2.24) is 24.9 Å². The van der Waals surface area contributed by atoms with Gasteiger partial charge in [-0.05, 0) is 43.9 Å². The molecule has 4 heterocycles. The van der Waals surface area contributed by atoms with Crippen molar-refractivity contribution in [1.29, 1.82) is 0 Å². The molecule has 2 atom stereocenters. The van der Waals surface area contributed by atoms with Crippen molar-refractivity contribution in [2.24, 2.45) is 0 Å². The van der Waals surface area contributed by atoms with E-state index >= 15 is 0 Å². The summed E-state index contributed by atoms with van der Waals surface area (Å²) >= 11 is 0. The molecule has 9 heteroatoms. The van der Waals surface area contributed by atoms with Gasteiger partial charge in [0.05, 0.1) is 19.4 Å². The molecule has 1 unspecified atom stereocenters. The van der Waals surface area contributed by atoms with Crippen LogP contribution in [-0.2, 0) is 11.3 Å². The number of fused-ring (bicyclic) bond motifs is 1. The molecule has 5 rings (SSSR count). The van der Waals surface area contributed by atoms with E-state index < -0.39 is 0 Å². The third-order valence-electron chi connectivity index (χ3n) is 6.36. The van der Waals surface area contributed by atoms with Gasteiger partial charge in [0.2, 0.25) is 5.95 Å². The number of hydrogen-bond acceptors (Lipinski definition) is 8. The predicted octanol–water partition coefficient (Wildman–Crippen LogP) is 3.47. The van der Waals surface area contributed by atoms with Gasteiger partial charge < -0.3 is 24.8 Å². The zero-order chi connectivity index (χ0) is 23.5. The smallest absolute Gasteiger partial charge is 0.322 e. The van der Waals surface area contributed by atoms with Crippen molar-refractivity contribution < 1.29 is 14.2 Å². The maximum Gasteiger partial charge on any atom is 0.322 e. The molecule has 2 aromatic heterocycles. The molecule has 0 spiro atoms. The molecule has 0 aliphatic carbocycles. The molecule has 3 aromatic rings. The Hall–Kier alpha value is -2.91. The Labute approximate surface area is 200 Å². The summed E-state index contributed by atoms with van der Waals surface area (Å²) < 4.78 is 19.7. The normalized spacial score (nSPS) is 20.7. The highest BCUT2D eigenvalue weighted by molar-refractivity contribution is 5.53. The summed E-state index contributed by atoms with van der Waals surface area (Å²) in [6.07, 6.45) is 5.02. The molecule has 2 saturated heterocycles. The Bertz CT molecular complexity index is 1120. The highest BCUT2D eigenvalue weighted by atomic mass is 16.5. The van der Waals surface area contributed by atoms with Crippen LogP contribution in [0.3, 0.4) is 0 Å². The zero-order valence-corrected chi connectivity index (χ0v) is 20.2. The summed E-state index contributed by atoms with van der Waals surface area (Å²) in [5, 5.41) is 11.4. The molecular weight excluding hydrogens is 432 g/mol. The largest absolute Gasteiger partial charge is 0.488 e. The van der Waals surface area contributed by atoms with Gasteiger partial charge in [0.1, 0.15) is 18.0 Å². The number of ether oxygens (including phenoxy) is 3. The Balaban J connectivity index is 1.41. The lowest BCUT2D eigenvalue weighted by Gasteiger charge is -2.23. The van der Waals surface area contributed by atoms with E-state index in [2.05, 4.69) is 54.7 Å². The van der Waals surface area contributed by atoms with Crippen molar-refractivity contribution in [3.63, 3.8) is 0 Å². The highest BCUT2D eigenvalue weighted by Crippen LogP contribution is 2.27. The number of benzene rings is 1. The van der Waals surface area contributed by atoms with Crippen LogP contribution in [0.1, 0.15) is 55.7 Å². The lowest BCUT2D eigenvalue weighted by Crippen LogP contribution is -2.37. The Morgan fingerprint density at radius 3 is 2.88 bits per heavy atom. The standard InChI is InChI=1S/C25H34N6O3/c1-16(2)21-14-28-31-23(21)29-25(34-19-5-4-9-26-13-19)30-24(31)27-12-18-7-6-17(3)11-22(18)33-20-8-10-32-15-20/h6-7,11,14,16,19-20,26H,4-5,8-10,12-13,15H2,1-3H3,(H,27,29,30)/t19-,20?/m1/s1. The molecule has 9 nitrogen and oxygen atoms in total. The van der Waals surface area contributed by atoms with Gasteiger partial charge in [0, 0.05) is 30.6 Å². The molecule has 2 aliphatic heterocycles. The van der Waals surface area contributed by atoms with Crippen molar-refractivity contribution in [2.45, 2.75) is 64.7 Å². The maximum atomic E-state index is 6.27. The molecule has 0 bridgehead atoms. The van der Waals surface area contributed by atoms with Crippen molar-refractivity contribution in [3.05, 3.63) is 41.1 Å². The van der Waals surface area contributed by atoms with Gasteiger partial charge in [0.15, 0.2) is 5.65 Å². The van der Waals surface area contributed by atoms with Crippen molar-refractivity contribution >= 4 is 11.6 Å². The average molecular weight is 467 g/mol. The van der Waals surface area contributed by atoms with Gasteiger partial charge in [-0.1, -0.05) is 26.0 Å². The molecular formula is C25H34N6O3. The number of rotatable bonds is 8. The fraction of sp³-hybridized carbons (Fsp3) is 0.560. The van der Waals surface area contributed by atoms with Gasteiger partial charge in [0.25, 0.3) is 0 Å². The Morgan fingerprint density at radius 2 is 2.12 bits per heavy atom. The second kappa shape index (κ2) is 10.1. The third kappa shape index (κ3) is 5.10. The summed E-state index contributed by atoms with van der Waals surface area (Å²) in [4.78, 5) is 9.43. The SMILES string of the molecule is Cc1ccc(CNc2nc(O[C@@H]3CCCNC3)nc3c(C(C)C)cnn23)c(OC2CCOC2)c1. The first kappa shape index (κ1) is 22.9. The van der Waals surface area contributed by atoms with E-state index in [4.69, 9.17) is 24.2 Å². The first-order valence-corrected chi connectivity index (χ1v) is 12.3. The molecule has 1 aromatic carbocycles. The molecule has 2 N–H and O–H groups in total. The van der Waals surface area contributed by atoms with Crippen LogP contribution in [0.25, 0.3) is 5.65 Å². The van der Waals surface area contributed by atoms with E-state index in [1.165, 1.54) is 0 Å². The minimum Gasteiger partial charge on any atom is -0.488 e. The van der Waals surface area contributed by atoms with Crippen LogP contribution >= 0.6 is 0 Å². The minimum atomic E-state index is 0.0696. The first-order valence-electron chi connectivity index (χ1n) is 12.3. The molecule has 0 saturated carbocycles. The number of anilines is 1. The summed E-state index contributed by atoms with van der Waals surface area (Å²) in [5.41, 5.74) is 4.05. The summed E-state index contributed by atoms with van der Waals surface area (Å²) in [5.74, 6) is 1.77. The van der Waals surface area contributed by atoms with E-state index in [0.717, 1.165) is 67.0 Å². The van der Waals surface area contributed by atoms with Crippen LogP contribution in [0, 0.1) is 6.92 Å². The van der Waals surface area contributed by atoms with Crippen LogP contribution < -0.4 is 20.1 Å². The van der Waals surface area contributed by atoms with Crippen LogP contribution in [0.5, 0.6) is 11.8 Å². The minimum absolute atomic E-state index is 0.0696. The summed E-state index contributed by atoms with van der Waals surface area (Å²) in [6, 6.07) is 6.66. The number of nitrogens with one attached hydrogen (secondary N) is 2. The van der Waals surface area contributed by atoms with E-state index in [-0.39, 0.29) is 18.1 Å². The van der Waals surface area contributed by atoms with Crippen molar-refractivity contribution in [2.75, 3.05) is 31.6 Å². The fourth-order valence-electron chi connectivity index (χ4n) is 4.40. The predicted molar refractivity (Wildman–Crippen MR) is 130 cm³/mol. The number of aryl methyl sites for hydroxylation is 1. The van der Waals surface area contributed by atoms with Gasteiger partial charge in [-0.15, -0.1) is 0 Å². The number of aromatic nitrogens is 4. The number of piperidine rings is 1. The van der Waals surface area contributed by atoms with Crippen LogP contribution in [0.15, 0.2) is 24.4 Å². The second-order valence-electron chi connectivity index (χ2n) is 9.47. The maximum absolute atomic E-state index is 6.27. The van der Waals surface area contributed by atoms with Crippen LogP contribution in [0.4, 0.5) is 5.95 Å². The Morgan fingerprint density at radius 1 is 1.21 bits per heavy atom. The second-order valence-corrected chi connectivity index (χ2v) is 9.47. The quantitative estimate of drug-likeness (QED) is 0.521. The first-order chi connectivity index (χ1) is 16.6. The molecule has 2 fully saturated rings. The van der Waals surface area contributed by atoms with Gasteiger partial charge in [-0.25, -0.2) is 0 Å². The third-order valence-corrected chi connectivity index (χ3v) is 6.36. The lowest BCUT2D eigenvalue weighted by atomic mass is 10.1. The molecule has 2 aliphatic rings. The van der Waals surface area contributed by atoms with Gasteiger partial charge >= 0.3 is 6.01 Å². The monoisotopic (exact) mass is 466 g/mol. The number of nitrogens with zero attached hydrogens (tertiary/aromatic N) is 4. The molecule has 34 heavy (non-hydrogen) atoms. The summed E-state index contributed by atoms with van der Waals surface area (Å²) in [7, 11) is 0. The van der Waals surface area contributed by atoms with E-state index in [1.807, 2.05) is 6.20 Å².